The van der Waals surface area contributed by atoms with Crippen molar-refractivity contribution in [3.63, 3.8) is 0 Å². The van der Waals surface area contributed by atoms with Crippen molar-refractivity contribution in [2.75, 3.05) is 0 Å². The highest BCUT2D eigenvalue weighted by atomic mass is 35.5. The van der Waals surface area contributed by atoms with Gasteiger partial charge in [-0.05, 0) is 18.2 Å². The Hall–Kier alpha value is -0.990. The summed E-state index contributed by atoms with van der Waals surface area (Å²) in [5.41, 5.74) is 0.549. The molecule has 0 saturated heterocycles. The summed E-state index contributed by atoms with van der Waals surface area (Å²) < 4.78 is 0. The van der Waals surface area contributed by atoms with Gasteiger partial charge < -0.3 is 4.98 Å². The molecule has 2 rings (SSSR count). The highest BCUT2D eigenvalue weighted by Crippen LogP contribution is 2.28. The second-order valence-corrected chi connectivity index (χ2v) is 3.43. The van der Waals surface area contributed by atoms with E-state index in [4.69, 9.17) is 23.2 Å². The van der Waals surface area contributed by atoms with Crippen molar-refractivity contribution in [1.82, 2.24) is 4.98 Å². The summed E-state index contributed by atoms with van der Waals surface area (Å²) >= 11 is 11.7. The highest BCUT2D eigenvalue weighted by molar-refractivity contribution is 6.45. The van der Waals surface area contributed by atoms with E-state index in [1.54, 1.807) is 18.2 Å². The number of hydrogen-bond donors (Lipinski definition) is 1. The van der Waals surface area contributed by atoms with Crippen LogP contribution in [-0.2, 0) is 0 Å². The molecule has 0 saturated carbocycles. The van der Waals surface area contributed by atoms with Crippen LogP contribution in [0.2, 0.25) is 10.0 Å². The fraction of sp³-hybridized carbons (Fsp3) is 0. The fourth-order valence-corrected chi connectivity index (χ4v) is 1.56. The number of benzene rings is 1. The molecule has 0 unspecified atom stereocenters. The Labute approximate surface area is 84.1 Å². The van der Waals surface area contributed by atoms with E-state index in [2.05, 4.69) is 4.98 Å². The molecule has 2 nitrogen and oxygen atoms in total. The Morgan fingerprint density at radius 2 is 1.85 bits per heavy atom. The molecule has 1 aromatic carbocycles. The van der Waals surface area contributed by atoms with Gasteiger partial charge in [-0.2, -0.15) is 0 Å². The summed E-state index contributed by atoms with van der Waals surface area (Å²) in [5, 5.41) is 1.71. The van der Waals surface area contributed by atoms with Crippen molar-refractivity contribution < 1.29 is 0 Å². The zero-order chi connectivity index (χ0) is 9.42. The summed E-state index contributed by atoms with van der Waals surface area (Å²) in [5.74, 6) is 0. The number of halogens is 2. The molecule has 0 fully saturated rings. The van der Waals surface area contributed by atoms with Crippen LogP contribution < -0.4 is 5.56 Å². The number of rotatable bonds is 0. The lowest BCUT2D eigenvalue weighted by molar-refractivity contribution is 1.31. The van der Waals surface area contributed by atoms with Gasteiger partial charge >= 0.3 is 0 Å². The molecule has 0 radical (unpaired) electrons. The predicted octanol–water partition coefficient (Wildman–Crippen LogP) is 2.83. The third kappa shape index (κ3) is 1.43. The van der Waals surface area contributed by atoms with Gasteiger partial charge in [0.05, 0.1) is 10.0 Å². The molecule has 0 aliphatic rings. The van der Waals surface area contributed by atoms with Gasteiger partial charge in [-0.15, -0.1) is 0 Å². The maximum absolute atomic E-state index is 10.9. The molecule has 0 aliphatic heterocycles. The van der Waals surface area contributed by atoms with Crippen LogP contribution in [0.1, 0.15) is 0 Å². The molecule has 13 heavy (non-hydrogen) atoms. The molecule has 1 N–H and O–H groups in total. The van der Waals surface area contributed by atoms with Crippen molar-refractivity contribution in [3.05, 3.63) is 44.7 Å². The molecule has 4 heteroatoms. The Morgan fingerprint density at radius 3 is 2.62 bits per heavy atom. The molecule has 0 bridgehead atoms. The Morgan fingerprint density at radius 1 is 1.08 bits per heavy atom. The predicted molar refractivity (Wildman–Crippen MR) is 54.6 cm³/mol. The van der Waals surface area contributed by atoms with Crippen LogP contribution in [0, 0.1) is 0 Å². The van der Waals surface area contributed by atoms with Crippen molar-refractivity contribution in [1.29, 1.82) is 0 Å². The summed E-state index contributed by atoms with van der Waals surface area (Å²) in [6.45, 7) is 0. The van der Waals surface area contributed by atoms with Gasteiger partial charge in [-0.25, -0.2) is 0 Å². The average molecular weight is 214 g/mol. The molecule has 0 spiro atoms. The molecule has 0 atom stereocenters. The minimum atomic E-state index is -0.147. The van der Waals surface area contributed by atoms with Gasteiger partial charge in [-0.1, -0.05) is 23.2 Å². The normalized spacial score (nSPS) is 10.6. The van der Waals surface area contributed by atoms with E-state index < -0.39 is 0 Å². The zero-order valence-electron chi connectivity index (χ0n) is 6.47. The molecule has 0 aliphatic carbocycles. The number of aromatic amines is 1. The largest absolute Gasteiger partial charge is 0.322 e. The first-order valence-electron chi connectivity index (χ1n) is 3.65. The van der Waals surface area contributed by atoms with Crippen molar-refractivity contribution >= 4 is 34.1 Å². The van der Waals surface area contributed by atoms with Crippen LogP contribution in [0.5, 0.6) is 0 Å². The van der Waals surface area contributed by atoms with E-state index in [-0.39, 0.29) is 5.56 Å². The Bertz CT molecular complexity index is 518. The average Bonchev–Trinajstić information content (AvgIpc) is 2.12. The van der Waals surface area contributed by atoms with Crippen LogP contribution in [-0.4, -0.2) is 4.98 Å². The van der Waals surface area contributed by atoms with Crippen molar-refractivity contribution in [2.24, 2.45) is 0 Å². The van der Waals surface area contributed by atoms with Gasteiger partial charge in [0.25, 0.3) is 0 Å². The molecule has 66 valence electrons. The molecular formula is C9H5Cl2NO. The fourth-order valence-electron chi connectivity index (χ4n) is 1.17. The van der Waals surface area contributed by atoms with Crippen LogP contribution in [0.15, 0.2) is 29.1 Å². The molecule has 1 heterocycles. The molecular weight excluding hydrogens is 209 g/mol. The third-order valence-corrected chi connectivity index (χ3v) is 2.61. The maximum Gasteiger partial charge on any atom is 0.248 e. The summed E-state index contributed by atoms with van der Waals surface area (Å²) in [6, 6.07) is 6.46. The van der Waals surface area contributed by atoms with Gasteiger partial charge in [-0.3, -0.25) is 4.79 Å². The monoisotopic (exact) mass is 213 g/mol. The zero-order valence-corrected chi connectivity index (χ0v) is 7.99. The van der Waals surface area contributed by atoms with Crippen LogP contribution >= 0.6 is 23.2 Å². The highest BCUT2D eigenvalue weighted by Gasteiger charge is 2.02. The number of pyridine rings is 1. The van der Waals surface area contributed by atoms with Crippen LogP contribution in [0.25, 0.3) is 10.9 Å². The molecule has 1 aromatic heterocycles. The number of H-pyrrole nitrogens is 1. The lowest BCUT2D eigenvalue weighted by Crippen LogP contribution is -2.02. The maximum atomic E-state index is 10.9. The van der Waals surface area contributed by atoms with E-state index in [0.29, 0.717) is 15.6 Å². The summed E-state index contributed by atoms with van der Waals surface area (Å²) in [7, 11) is 0. The number of hydrogen-bond acceptors (Lipinski definition) is 1. The second kappa shape index (κ2) is 3.05. The lowest BCUT2D eigenvalue weighted by Gasteiger charge is -2.00. The van der Waals surface area contributed by atoms with E-state index >= 15 is 0 Å². The first-order valence-corrected chi connectivity index (χ1v) is 4.41. The molecule has 2 aromatic rings. The standard InChI is InChI=1S/C9H5Cl2NO/c10-6-2-3-7-5(9(6)11)1-4-8(13)12-7/h1-4H,(H,12,13). The van der Waals surface area contributed by atoms with E-state index in [9.17, 15) is 4.79 Å². The summed E-state index contributed by atoms with van der Waals surface area (Å²) in [4.78, 5) is 13.6. The summed E-state index contributed by atoms with van der Waals surface area (Å²) in [6.07, 6.45) is 0. The van der Waals surface area contributed by atoms with Gasteiger partial charge in [0.15, 0.2) is 0 Å². The first kappa shape index (κ1) is 8.60. The number of aromatic nitrogens is 1. The van der Waals surface area contributed by atoms with E-state index in [1.807, 2.05) is 0 Å². The number of fused-ring (bicyclic) bond motifs is 1. The van der Waals surface area contributed by atoms with E-state index in [0.717, 1.165) is 5.39 Å². The van der Waals surface area contributed by atoms with Gasteiger partial charge in [0, 0.05) is 17.0 Å². The minimum Gasteiger partial charge on any atom is -0.322 e. The van der Waals surface area contributed by atoms with Crippen molar-refractivity contribution in [3.8, 4) is 0 Å². The van der Waals surface area contributed by atoms with Crippen molar-refractivity contribution in [2.45, 2.75) is 0 Å². The minimum absolute atomic E-state index is 0.147. The Balaban J connectivity index is 2.95. The second-order valence-electron chi connectivity index (χ2n) is 2.65. The van der Waals surface area contributed by atoms with Crippen LogP contribution in [0.3, 0.4) is 0 Å². The Kier molecular flexibility index (Phi) is 2.02. The van der Waals surface area contributed by atoms with E-state index in [1.165, 1.54) is 6.07 Å². The number of nitrogens with one attached hydrogen (secondary N) is 1. The molecule has 0 amide bonds. The smallest absolute Gasteiger partial charge is 0.248 e. The third-order valence-electron chi connectivity index (χ3n) is 1.79. The topological polar surface area (TPSA) is 32.9 Å². The SMILES string of the molecule is O=c1ccc2c(Cl)c(Cl)ccc2[nH]1. The quantitative estimate of drug-likeness (QED) is 0.718. The lowest BCUT2D eigenvalue weighted by atomic mass is 10.2. The van der Waals surface area contributed by atoms with Gasteiger partial charge in [0.2, 0.25) is 5.56 Å². The van der Waals surface area contributed by atoms with Crippen LogP contribution in [0.4, 0.5) is 0 Å². The van der Waals surface area contributed by atoms with Gasteiger partial charge in [0.1, 0.15) is 0 Å². The first-order chi connectivity index (χ1) is 6.18.